The number of aromatic amines is 1. The Labute approximate surface area is 171 Å². The van der Waals surface area contributed by atoms with E-state index in [0.29, 0.717) is 0 Å². The molecule has 0 aliphatic carbocycles. The molecule has 0 saturated heterocycles. The van der Waals surface area contributed by atoms with Crippen LogP contribution >= 0.6 is 15.9 Å². The largest absolute Gasteiger partial charge is 0.338 e. The summed E-state index contributed by atoms with van der Waals surface area (Å²) in [6.07, 6.45) is 3.31. The summed E-state index contributed by atoms with van der Waals surface area (Å²) in [6, 6.07) is 21.5. The Kier molecular flexibility index (Phi) is 5.08. The van der Waals surface area contributed by atoms with E-state index >= 15 is 0 Å². The van der Waals surface area contributed by atoms with Crippen LogP contribution < -0.4 is 5.32 Å². The second kappa shape index (κ2) is 7.82. The van der Waals surface area contributed by atoms with E-state index in [4.69, 9.17) is 0 Å². The van der Waals surface area contributed by atoms with Crippen LogP contribution in [-0.4, -0.2) is 15.9 Å². The minimum atomic E-state index is -0.171. The Bertz CT molecular complexity index is 1160. The lowest BCUT2D eigenvalue weighted by molar-refractivity contribution is -0.111. The fraction of sp³-hybridized carbons (Fsp3) is 0.0435. The van der Waals surface area contributed by atoms with E-state index in [-0.39, 0.29) is 5.91 Å². The maximum absolute atomic E-state index is 12.1. The topological polar surface area (TPSA) is 57.8 Å². The number of aromatic nitrogens is 2. The number of nitrogens with one attached hydrogen (secondary N) is 2. The molecule has 4 aromatic rings. The molecule has 0 saturated carbocycles. The van der Waals surface area contributed by atoms with E-state index in [1.165, 1.54) is 11.6 Å². The summed E-state index contributed by atoms with van der Waals surface area (Å²) in [6.45, 7) is 2.06. The summed E-state index contributed by atoms with van der Waals surface area (Å²) in [5.74, 6) is 0.642. The Morgan fingerprint density at radius 3 is 2.54 bits per heavy atom. The number of amides is 1. The number of carbonyl (C=O) groups excluding carboxylic acids is 1. The summed E-state index contributed by atoms with van der Waals surface area (Å²) in [7, 11) is 0. The smallest absolute Gasteiger partial charge is 0.248 e. The second-order valence-corrected chi connectivity index (χ2v) is 7.47. The van der Waals surface area contributed by atoms with Gasteiger partial charge in [0.15, 0.2) is 0 Å². The Morgan fingerprint density at radius 1 is 1.04 bits per heavy atom. The first-order valence-corrected chi connectivity index (χ1v) is 9.67. The standard InChI is InChI=1S/C23H18BrN3O/c1-15-2-12-20-21(14-15)27-23(26-20)17-6-10-19(11-7-17)25-22(28)13-5-16-3-8-18(24)9-4-16/h2-14H,1H3,(H,25,28)(H,26,27)/b13-5-. The van der Waals surface area contributed by atoms with E-state index in [2.05, 4.69) is 44.2 Å². The zero-order chi connectivity index (χ0) is 19.5. The molecule has 1 aromatic heterocycles. The zero-order valence-electron chi connectivity index (χ0n) is 15.2. The van der Waals surface area contributed by atoms with Gasteiger partial charge in [0.05, 0.1) is 11.0 Å². The molecule has 1 amide bonds. The van der Waals surface area contributed by atoms with Gasteiger partial charge >= 0.3 is 0 Å². The number of hydrogen-bond acceptors (Lipinski definition) is 2. The van der Waals surface area contributed by atoms with Crippen molar-refractivity contribution >= 4 is 44.6 Å². The van der Waals surface area contributed by atoms with E-state index in [0.717, 1.165) is 38.1 Å². The molecule has 1 heterocycles. The van der Waals surface area contributed by atoms with Crippen LogP contribution in [0.25, 0.3) is 28.5 Å². The molecular formula is C23H18BrN3O. The van der Waals surface area contributed by atoms with E-state index in [1.54, 1.807) is 6.08 Å². The molecule has 3 aromatic carbocycles. The second-order valence-electron chi connectivity index (χ2n) is 6.56. The summed E-state index contributed by atoms with van der Waals surface area (Å²) >= 11 is 3.40. The number of halogens is 1. The molecule has 0 radical (unpaired) electrons. The van der Waals surface area contributed by atoms with Crippen LogP contribution in [0.3, 0.4) is 0 Å². The first kappa shape index (κ1) is 18.2. The molecule has 0 aliphatic heterocycles. The molecule has 4 nitrogen and oxygen atoms in total. The fourth-order valence-corrected chi connectivity index (χ4v) is 3.17. The SMILES string of the molecule is Cc1ccc2nc(-c3ccc(NC(=O)/C=C\c4ccc(Br)cc4)cc3)[nH]c2c1. The van der Waals surface area contributed by atoms with E-state index in [9.17, 15) is 4.79 Å². The van der Waals surface area contributed by atoms with Crippen molar-refractivity contribution in [1.82, 2.24) is 9.97 Å². The number of rotatable bonds is 4. The Hall–Kier alpha value is -3.18. The molecule has 0 fully saturated rings. The summed E-state index contributed by atoms with van der Waals surface area (Å²) < 4.78 is 1.01. The van der Waals surface area contributed by atoms with Gasteiger partial charge in [-0.25, -0.2) is 4.98 Å². The minimum absolute atomic E-state index is 0.171. The Morgan fingerprint density at radius 2 is 1.79 bits per heavy atom. The number of imidazole rings is 1. The van der Waals surface area contributed by atoms with Crippen LogP contribution in [0.5, 0.6) is 0 Å². The van der Waals surface area contributed by atoms with Gasteiger partial charge in [-0.3, -0.25) is 4.79 Å². The predicted molar refractivity (Wildman–Crippen MR) is 118 cm³/mol. The lowest BCUT2D eigenvalue weighted by Crippen LogP contribution is -2.07. The van der Waals surface area contributed by atoms with Crippen molar-refractivity contribution in [2.75, 3.05) is 5.32 Å². The number of carbonyl (C=O) groups is 1. The maximum atomic E-state index is 12.1. The number of benzene rings is 3. The molecule has 138 valence electrons. The van der Waals surface area contributed by atoms with Gasteiger partial charge < -0.3 is 10.3 Å². The lowest BCUT2D eigenvalue weighted by Gasteiger charge is -2.03. The van der Waals surface area contributed by atoms with Crippen molar-refractivity contribution in [3.05, 3.63) is 88.4 Å². The third-order valence-electron chi connectivity index (χ3n) is 4.36. The maximum Gasteiger partial charge on any atom is 0.248 e. The van der Waals surface area contributed by atoms with Gasteiger partial charge in [0, 0.05) is 21.8 Å². The third kappa shape index (κ3) is 4.21. The van der Waals surface area contributed by atoms with Crippen LogP contribution in [0.4, 0.5) is 5.69 Å². The number of aryl methyl sites for hydroxylation is 1. The molecule has 4 rings (SSSR count). The summed E-state index contributed by atoms with van der Waals surface area (Å²) in [5.41, 5.74) is 5.82. The highest BCUT2D eigenvalue weighted by Gasteiger charge is 2.06. The summed E-state index contributed by atoms with van der Waals surface area (Å²) in [4.78, 5) is 20.1. The normalized spacial score (nSPS) is 11.2. The van der Waals surface area contributed by atoms with E-state index < -0.39 is 0 Å². The molecule has 5 heteroatoms. The molecule has 28 heavy (non-hydrogen) atoms. The van der Waals surface area contributed by atoms with Gasteiger partial charge in [0.2, 0.25) is 5.91 Å². The molecule has 0 atom stereocenters. The molecular weight excluding hydrogens is 414 g/mol. The van der Waals surface area contributed by atoms with Crippen LogP contribution in [-0.2, 0) is 4.79 Å². The van der Waals surface area contributed by atoms with Gasteiger partial charge in [0.1, 0.15) is 5.82 Å². The lowest BCUT2D eigenvalue weighted by atomic mass is 10.2. The fourth-order valence-electron chi connectivity index (χ4n) is 2.90. The van der Waals surface area contributed by atoms with Crippen molar-refractivity contribution in [3.8, 4) is 11.4 Å². The number of H-pyrrole nitrogens is 1. The highest BCUT2D eigenvalue weighted by Crippen LogP contribution is 2.23. The first-order valence-electron chi connectivity index (χ1n) is 8.88. The highest BCUT2D eigenvalue weighted by molar-refractivity contribution is 9.10. The minimum Gasteiger partial charge on any atom is -0.338 e. The van der Waals surface area contributed by atoms with Gasteiger partial charge in [-0.05, 0) is 72.7 Å². The number of anilines is 1. The Balaban J connectivity index is 1.45. The van der Waals surface area contributed by atoms with Crippen LogP contribution in [0.2, 0.25) is 0 Å². The van der Waals surface area contributed by atoms with Gasteiger partial charge in [0.25, 0.3) is 0 Å². The van der Waals surface area contributed by atoms with Crippen molar-refractivity contribution in [1.29, 1.82) is 0 Å². The van der Waals surface area contributed by atoms with Crippen molar-refractivity contribution in [3.63, 3.8) is 0 Å². The van der Waals surface area contributed by atoms with E-state index in [1.807, 2.05) is 60.7 Å². The van der Waals surface area contributed by atoms with Crippen LogP contribution in [0, 0.1) is 6.92 Å². The number of hydrogen-bond donors (Lipinski definition) is 2. The quantitative estimate of drug-likeness (QED) is 0.392. The van der Waals surface area contributed by atoms with Gasteiger partial charge in [-0.2, -0.15) is 0 Å². The van der Waals surface area contributed by atoms with Gasteiger partial charge in [-0.1, -0.05) is 34.1 Å². The number of nitrogens with zero attached hydrogens (tertiary/aromatic N) is 1. The molecule has 0 aliphatic rings. The monoisotopic (exact) mass is 431 g/mol. The van der Waals surface area contributed by atoms with Crippen molar-refractivity contribution in [2.45, 2.75) is 6.92 Å². The van der Waals surface area contributed by atoms with Crippen LogP contribution in [0.1, 0.15) is 11.1 Å². The first-order chi connectivity index (χ1) is 13.6. The average molecular weight is 432 g/mol. The summed E-state index contributed by atoms with van der Waals surface area (Å²) in [5, 5.41) is 2.87. The van der Waals surface area contributed by atoms with Gasteiger partial charge in [-0.15, -0.1) is 0 Å². The third-order valence-corrected chi connectivity index (χ3v) is 4.89. The molecule has 2 N–H and O–H groups in total. The van der Waals surface area contributed by atoms with Crippen molar-refractivity contribution < 1.29 is 4.79 Å². The van der Waals surface area contributed by atoms with Crippen LogP contribution in [0.15, 0.2) is 77.3 Å². The molecule has 0 bridgehead atoms. The predicted octanol–water partition coefficient (Wildman–Crippen LogP) is 5.95. The highest BCUT2D eigenvalue weighted by atomic mass is 79.9. The van der Waals surface area contributed by atoms with Crippen molar-refractivity contribution in [2.24, 2.45) is 0 Å². The molecule has 0 spiro atoms. The number of fused-ring (bicyclic) bond motifs is 1. The zero-order valence-corrected chi connectivity index (χ0v) is 16.8. The molecule has 0 unspecified atom stereocenters. The average Bonchev–Trinajstić information content (AvgIpc) is 3.11.